The molecular weight excluding hydrogens is 414 g/mol. The van der Waals surface area contributed by atoms with Crippen LogP contribution in [-0.2, 0) is 6.54 Å². The van der Waals surface area contributed by atoms with Crippen molar-refractivity contribution >= 4 is 17.9 Å². The molecule has 2 heterocycles. The number of hydrogen-bond acceptors (Lipinski definition) is 10. The van der Waals surface area contributed by atoms with Gasteiger partial charge in [-0.25, -0.2) is 10.1 Å². The van der Waals surface area contributed by atoms with Gasteiger partial charge in [0.2, 0.25) is 11.6 Å². The zero-order chi connectivity index (χ0) is 22.9. The number of carbonyl (C=O) groups excluding carboxylic acids is 1. The van der Waals surface area contributed by atoms with Crippen molar-refractivity contribution in [1.29, 1.82) is 0 Å². The zero-order valence-electron chi connectivity index (χ0n) is 18.4. The lowest BCUT2D eigenvalue weighted by Gasteiger charge is -2.21. The summed E-state index contributed by atoms with van der Waals surface area (Å²) in [5.41, 5.74) is 9.75. The van der Waals surface area contributed by atoms with Crippen LogP contribution in [0, 0.1) is 0 Å². The van der Waals surface area contributed by atoms with Crippen LogP contribution in [0.4, 0.5) is 5.82 Å². The van der Waals surface area contributed by atoms with Gasteiger partial charge in [-0.1, -0.05) is 31.2 Å². The maximum Gasteiger partial charge on any atom is 0.293 e. The van der Waals surface area contributed by atoms with Gasteiger partial charge >= 0.3 is 0 Å². The summed E-state index contributed by atoms with van der Waals surface area (Å²) in [6, 6.07) is 7.29. The maximum atomic E-state index is 12.9. The fourth-order valence-corrected chi connectivity index (χ4v) is 3.18. The number of nitrogens with two attached hydrogens (primary N) is 1. The fraction of sp³-hybridized carbons (Fsp3) is 0.400. The molecule has 3 rings (SSSR count). The topological polar surface area (TPSA) is 150 Å². The second-order valence-corrected chi connectivity index (χ2v) is 7.02. The van der Waals surface area contributed by atoms with Crippen LogP contribution in [0.5, 0.6) is 5.75 Å². The number of aromatic nitrogens is 5. The van der Waals surface area contributed by atoms with Gasteiger partial charge in [0.1, 0.15) is 5.75 Å². The number of nitrogen functional groups attached to an aromatic ring is 1. The molecule has 0 fully saturated rings. The van der Waals surface area contributed by atoms with Crippen LogP contribution in [0.15, 0.2) is 34.0 Å². The summed E-state index contributed by atoms with van der Waals surface area (Å²) >= 11 is 0. The van der Waals surface area contributed by atoms with Gasteiger partial charge < -0.3 is 10.5 Å². The molecule has 3 N–H and O–H groups in total. The summed E-state index contributed by atoms with van der Waals surface area (Å²) < 4.78 is 11.3. The standard InChI is InChI=1S/C20H27N9O3/c1-4-9-28(10-5-2)13-16-17(23-27-29(16)19-18(21)25-32-26-19)20(30)24-22-12-14-7-6-8-15(11-14)31-3/h6-8,11-12H,4-5,9-10,13H2,1-3H3,(H2,21,25)(H,24,30). The molecule has 0 saturated heterocycles. The molecule has 12 heteroatoms. The summed E-state index contributed by atoms with van der Waals surface area (Å²) in [4.78, 5) is 15.1. The number of benzene rings is 1. The number of hydrogen-bond donors (Lipinski definition) is 2. The third kappa shape index (κ3) is 5.46. The Bertz CT molecular complexity index is 1050. The minimum atomic E-state index is -0.506. The van der Waals surface area contributed by atoms with Crippen molar-refractivity contribution in [3.8, 4) is 11.6 Å². The molecule has 0 bridgehead atoms. The highest BCUT2D eigenvalue weighted by Gasteiger charge is 2.25. The third-order valence-electron chi connectivity index (χ3n) is 4.60. The fourth-order valence-electron chi connectivity index (χ4n) is 3.18. The van der Waals surface area contributed by atoms with Crippen LogP contribution in [0.2, 0.25) is 0 Å². The van der Waals surface area contributed by atoms with E-state index in [1.54, 1.807) is 13.2 Å². The normalized spacial score (nSPS) is 11.4. The maximum absolute atomic E-state index is 12.9. The van der Waals surface area contributed by atoms with E-state index in [2.05, 4.69) is 49.9 Å². The average molecular weight is 441 g/mol. The molecule has 0 aliphatic heterocycles. The molecule has 0 unspecified atom stereocenters. The number of anilines is 1. The quantitative estimate of drug-likeness (QED) is 0.334. The lowest BCUT2D eigenvalue weighted by molar-refractivity contribution is 0.0947. The molecule has 32 heavy (non-hydrogen) atoms. The highest BCUT2D eigenvalue weighted by atomic mass is 16.6. The molecule has 0 aliphatic rings. The molecule has 12 nitrogen and oxygen atoms in total. The second kappa shape index (κ2) is 11.0. The summed E-state index contributed by atoms with van der Waals surface area (Å²) in [6.45, 7) is 6.31. The largest absolute Gasteiger partial charge is 0.497 e. The first-order valence-corrected chi connectivity index (χ1v) is 10.3. The SMILES string of the molecule is CCCN(CCC)Cc1c(C(=O)NN=Cc2cccc(OC)c2)nnn1-c1nonc1N. The molecule has 0 aliphatic carbocycles. The number of ether oxygens (including phenoxy) is 1. The molecule has 3 aromatic rings. The Morgan fingerprint density at radius 2 is 2.09 bits per heavy atom. The third-order valence-corrected chi connectivity index (χ3v) is 4.60. The zero-order valence-corrected chi connectivity index (χ0v) is 18.4. The molecular formula is C20H27N9O3. The molecule has 0 spiro atoms. The van der Waals surface area contributed by atoms with Crippen LogP contribution < -0.4 is 15.9 Å². The Balaban J connectivity index is 1.85. The van der Waals surface area contributed by atoms with Gasteiger partial charge in [0, 0.05) is 6.54 Å². The van der Waals surface area contributed by atoms with Gasteiger partial charge in [-0.05, 0) is 53.9 Å². The van der Waals surface area contributed by atoms with Crippen LogP contribution in [-0.4, -0.2) is 62.5 Å². The van der Waals surface area contributed by atoms with E-state index in [1.807, 2.05) is 18.2 Å². The van der Waals surface area contributed by atoms with E-state index in [-0.39, 0.29) is 17.3 Å². The number of methoxy groups -OCH3 is 1. The van der Waals surface area contributed by atoms with Gasteiger partial charge in [-0.2, -0.15) is 9.78 Å². The number of hydrazone groups is 1. The summed E-state index contributed by atoms with van der Waals surface area (Å²) in [5.74, 6) is 0.417. The number of nitrogens with one attached hydrogen (secondary N) is 1. The lowest BCUT2D eigenvalue weighted by atomic mass is 10.2. The Kier molecular flexibility index (Phi) is 7.86. The molecule has 0 atom stereocenters. The molecule has 0 radical (unpaired) electrons. The molecule has 2 aromatic heterocycles. The Hall–Kier alpha value is -3.80. The van der Waals surface area contributed by atoms with Crippen molar-refractivity contribution in [2.75, 3.05) is 25.9 Å². The first-order chi connectivity index (χ1) is 15.6. The Morgan fingerprint density at radius 1 is 1.31 bits per heavy atom. The monoisotopic (exact) mass is 441 g/mol. The van der Waals surface area contributed by atoms with Crippen LogP contribution >= 0.6 is 0 Å². The average Bonchev–Trinajstić information content (AvgIpc) is 3.40. The number of carbonyl (C=O) groups is 1. The van der Waals surface area contributed by atoms with Gasteiger partial charge in [0.15, 0.2) is 5.69 Å². The predicted octanol–water partition coefficient (Wildman–Crippen LogP) is 1.63. The highest BCUT2D eigenvalue weighted by molar-refractivity contribution is 5.94. The van der Waals surface area contributed by atoms with E-state index in [0.29, 0.717) is 18.0 Å². The molecule has 1 aromatic carbocycles. The smallest absolute Gasteiger partial charge is 0.293 e. The second-order valence-electron chi connectivity index (χ2n) is 7.02. The van der Waals surface area contributed by atoms with Crippen LogP contribution in [0.1, 0.15) is 48.4 Å². The van der Waals surface area contributed by atoms with Crippen molar-refractivity contribution in [2.24, 2.45) is 5.10 Å². The van der Waals surface area contributed by atoms with Crippen molar-refractivity contribution in [1.82, 2.24) is 35.6 Å². The predicted molar refractivity (Wildman–Crippen MR) is 118 cm³/mol. The van der Waals surface area contributed by atoms with E-state index < -0.39 is 5.91 Å². The number of rotatable bonds is 11. The summed E-state index contributed by atoms with van der Waals surface area (Å²) in [5, 5.41) is 19.5. The van der Waals surface area contributed by atoms with E-state index in [0.717, 1.165) is 31.5 Å². The minimum absolute atomic E-state index is 0.0525. The van der Waals surface area contributed by atoms with E-state index in [4.69, 9.17) is 15.1 Å². The molecule has 0 saturated carbocycles. The number of amides is 1. The van der Waals surface area contributed by atoms with Crippen molar-refractivity contribution in [3.63, 3.8) is 0 Å². The lowest BCUT2D eigenvalue weighted by Crippen LogP contribution is -2.28. The van der Waals surface area contributed by atoms with Crippen molar-refractivity contribution in [2.45, 2.75) is 33.2 Å². The van der Waals surface area contributed by atoms with Crippen LogP contribution in [0.3, 0.4) is 0 Å². The Labute approximate surface area is 185 Å². The highest BCUT2D eigenvalue weighted by Crippen LogP contribution is 2.18. The minimum Gasteiger partial charge on any atom is -0.497 e. The molecule has 170 valence electrons. The summed E-state index contributed by atoms with van der Waals surface area (Å²) in [7, 11) is 1.58. The van der Waals surface area contributed by atoms with E-state index in [9.17, 15) is 4.79 Å². The summed E-state index contributed by atoms with van der Waals surface area (Å²) in [6.07, 6.45) is 3.44. The van der Waals surface area contributed by atoms with Crippen molar-refractivity contribution < 1.29 is 14.2 Å². The first-order valence-electron chi connectivity index (χ1n) is 10.3. The van der Waals surface area contributed by atoms with Crippen molar-refractivity contribution in [3.05, 3.63) is 41.2 Å². The van der Waals surface area contributed by atoms with Gasteiger partial charge in [0.05, 0.1) is 19.0 Å². The van der Waals surface area contributed by atoms with E-state index >= 15 is 0 Å². The van der Waals surface area contributed by atoms with Gasteiger partial charge in [-0.3, -0.25) is 9.69 Å². The van der Waals surface area contributed by atoms with Gasteiger partial charge in [-0.15, -0.1) is 5.10 Å². The van der Waals surface area contributed by atoms with Crippen LogP contribution in [0.25, 0.3) is 5.82 Å². The van der Waals surface area contributed by atoms with Gasteiger partial charge in [0.25, 0.3) is 5.91 Å². The van der Waals surface area contributed by atoms with E-state index in [1.165, 1.54) is 10.9 Å². The Morgan fingerprint density at radius 3 is 2.75 bits per heavy atom. The number of nitrogens with zero attached hydrogens (tertiary/aromatic N) is 7. The first kappa shape index (κ1) is 22.9. The molecule has 1 amide bonds.